The quantitative estimate of drug-likeness (QED) is 0.565. The van der Waals surface area contributed by atoms with Crippen LogP contribution < -0.4 is 4.74 Å². The first-order chi connectivity index (χ1) is 13.6. The van der Waals surface area contributed by atoms with Crippen LogP contribution in [0.3, 0.4) is 0 Å². The number of esters is 1. The Labute approximate surface area is 170 Å². The van der Waals surface area contributed by atoms with Gasteiger partial charge in [0.15, 0.2) is 11.2 Å². The van der Waals surface area contributed by atoms with Crippen molar-refractivity contribution in [1.29, 1.82) is 0 Å². The second kappa shape index (κ2) is 7.63. The van der Waals surface area contributed by atoms with E-state index in [1.165, 1.54) is 13.2 Å². The van der Waals surface area contributed by atoms with Gasteiger partial charge in [-0.3, -0.25) is 14.4 Å². The average molecular weight is 402 g/mol. The number of carbonyl (C=O) groups is 3. The second-order valence-electron chi connectivity index (χ2n) is 8.25. The van der Waals surface area contributed by atoms with Crippen molar-refractivity contribution < 1.29 is 33.3 Å². The number of ketones is 2. The van der Waals surface area contributed by atoms with E-state index >= 15 is 0 Å². The van der Waals surface area contributed by atoms with Gasteiger partial charge in [0.2, 0.25) is 0 Å². The Kier molecular flexibility index (Phi) is 5.54. The molecule has 3 rings (SSSR count). The van der Waals surface area contributed by atoms with E-state index in [-0.39, 0.29) is 18.6 Å². The summed E-state index contributed by atoms with van der Waals surface area (Å²) in [5, 5.41) is 0. The van der Waals surface area contributed by atoms with Crippen LogP contribution in [0.15, 0.2) is 30.3 Å². The zero-order chi connectivity index (χ0) is 21.4. The van der Waals surface area contributed by atoms with Crippen molar-refractivity contribution in [2.45, 2.75) is 51.4 Å². The predicted molar refractivity (Wildman–Crippen MR) is 104 cm³/mol. The Morgan fingerprint density at radius 2 is 1.76 bits per heavy atom. The van der Waals surface area contributed by atoms with E-state index < -0.39 is 35.0 Å². The molecule has 1 saturated carbocycles. The van der Waals surface area contributed by atoms with E-state index in [0.717, 1.165) is 0 Å². The van der Waals surface area contributed by atoms with Gasteiger partial charge in [-0.05, 0) is 45.0 Å². The van der Waals surface area contributed by atoms with E-state index in [4.69, 9.17) is 18.9 Å². The van der Waals surface area contributed by atoms with Gasteiger partial charge >= 0.3 is 5.97 Å². The molecule has 7 nitrogen and oxygen atoms in total. The molecule has 2 aliphatic rings. The fraction of sp³-hybridized carbons (Fsp3) is 0.500. The molecule has 0 aromatic heterocycles. The number of Topliss-reactive ketones (excluding diaryl/α,β-unsaturated/α-hetero) is 1. The smallest absolute Gasteiger partial charge is 0.327 e. The van der Waals surface area contributed by atoms with Crippen LogP contribution in [0.4, 0.5) is 0 Å². The molecule has 1 aromatic carbocycles. The van der Waals surface area contributed by atoms with Gasteiger partial charge in [-0.15, -0.1) is 0 Å². The first-order valence-corrected chi connectivity index (χ1v) is 9.47. The third kappa shape index (κ3) is 3.79. The van der Waals surface area contributed by atoms with Crippen LogP contribution in [0, 0.1) is 5.41 Å². The topological polar surface area (TPSA) is 88.1 Å². The van der Waals surface area contributed by atoms with Crippen molar-refractivity contribution in [2.24, 2.45) is 5.41 Å². The molecular weight excluding hydrogens is 376 g/mol. The van der Waals surface area contributed by atoms with Crippen LogP contribution >= 0.6 is 0 Å². The molecule has 0 unspecified atom stereocenters. The van der Waals surface area contributed by atoms with Crippen LogP contribution in [0.1, 0.15) is 39.2 Å². The maximum Gasteiger partial charge on any atom is 0.327 e. The summed E-state index contributed by atoms with van der Waals surface area (Å²) in [7, 11) is 2.94. The molecule has 0 saturated heterocycles. The lowest BCUT2D eigenvalue weighted by molar-refractivity contribution is -0.195. The van der Waals surface area contributed by atoms with E-state index in [2.05, 4.69) is 0 Å². The Balaban J connectivity index is 2.07. The minimum absolute atomic E-state index is 0.0486. The highest BCUT2D eigenvalue weighted by molar-refractivity contribution is 6.15. The summed E-state index contributed by atoms with van der Waals surface area (Å²) in [6.07, 6.45) is -0.780. The van der Waals surface area contributed by atoms with Gasteiger partial charge in [0.25, 0.3) is 0 Å². The molecule has 0 amide bonds. The molecule has 0 radical (unpaired) electrons. The number of hydrogen-bond donors (Lipinski definition) is 0. The molecule has 1 aliphatic heterocycles. The van der Waals surface area contributed by atoms with Crippen molar-refractivity contribution in [2.75, 3.05) is 14.2 Å². The fourth-order valence-electron chi connectivity index (χ4n) is 3.81. The lowest BCUT2D eigenvalue weighted by Gasteiger charge is -2.47. The number of rotatable bonds is 4. The SMILES string of the molecule is COc1ccc(C2=CC(=O)[C@@]3(C(=O)OC(C)(C)C)[C@H](CC(=O)C[C@H]3OC)O2)cc1. The third-order valence-corrected chi connectivity index (χ3v) is 5.18. The molecule has 156 valence electrons. The summed E-state index contributed by atoms with van der Waals surface area (Å²) in [5.41, 5.74) is -1.88. The van der Waals surface area contributed by atoms with Crippen LogP contribution in [0.25, 0.3) is 5.76 Å². The molecule has 7 heteroatoms. The first-order valence-electron chi connectivity index (χ1n) is 9.47. The van der Waals surface area contributed by atoms with Crippen LogP contribution in [-0.4, -0.2) is 49.6 Å². The molecule has 0 N–H and O–H groups in total. The van der Waals surface area contributed by atoms with Gasteiger partial charge in [-0.25, -0.2) is 0 Å². The Bertz CT molecular complexity index is 847. The highest BCUT2D eigenvalue weighted by atomic mass is 16.6. The van der Waals surface area contributed by atoms with E-state index in [9.17, 15) is 14.4 Å². The molecular formula is C22H26O7. The Morgan fingerprint density at radius 3 is 2.31 bits per heavy atom. The number of fused-ring (bicyclic) bond motifs is 1. The summed E-state index contributed by atoms with van der Waals surface area (Å²) >= 11 is 0. The largest absolute Gasteiger partial charge is 0.497 e. The van der Waals surface area contributed by atoms with Gasteiger partial charge in [-0.1, -0.05) is 0 Å². The van der Waals surface area contributed by atoms with Crippen LogP contribution in [0.2, 0.25) is 0 Å². The van der Waals surface area contributed by atoms with E-state index in [1.54, 1.807) is 52.1 Å². The highest BCUT2D eigenvalue weighted by Crippen LogP contribution is 2.47. The molecule has 3 atom stereocenters. The third-order valence-electron chi connectivity index (χ3n) is 5.18. The number of ether oxygens (including phenoxy) is 4. The maximum atomic E-state index is 13.4. The number of hydrogen-bond acceptors (Lipinski definition) is 7. The summed E-state index contributed by atoms with van der Waals surface area (Å²) in [6, 6.07) is 6.97. The van der Waals surface area contributed by atoms with Crippen molar-refractivity contribution in [3.05, 3.63) is 35.9 Å². The molecule has 1 aliphatic carbocycles. The standard InChI is InChI=1S/C22H26O7/c1-21(2,3)29-20(25)22-17(24)12-16(13-6-8-15(26-4)9-7-13)28-19(22)11-14(23)10-18(22)27-5/h6-9,12,18-19H,10-11H2,1-5H3/t18-,19+,22+/m1/s1. The molecule has 29 heavy (non-hydrogen) atoms. The van der Waals surface area contributed by atoms with E-state index in [1.807, 2.05) is 0 Å². The van der Waals surface area contributed by atoms with Gasteiger partial charge in [-0.2, -0.15) is 0 Å². The summed E-state index contributed by atoms with van der Waals surface area (Å²) in [5.74, 6) is -0.388. The zero-order valence-electron chi connectivity index (χ0n) is 17.3. The van der Waals surface area contributed by atoms with Gasteiger partial charge in [0.1, 0.15) is 29.0 Å². The number of allylic oxidation sites excluding steroid dienone is 1. The van der Waals surface area contributed by atoms with Crippen molar-refractivity contribution >= 4 is 23.3 Å². The van der Waals surface area contributed by atoms with Crippen LogP contribution in [-0.2, 0) is 28.6 Å². The summed E-state index contributed by atoms with van der Waals surface area (Å²) in [6.45, 7) is 5.16. The van der Waals surface area contributed by atoms with Gasteiger partial charge < -0.3 is 18.9 Å². The monoisotopic (exact) mass is 402 g/mol. The van der Waals surface area contributed by atoms with Crippen LogP contribution in [0.5, 0.6) is 5.75 Å². The average Bonchev–Trinajstić information content (AvgIpc) is 2.65. The summed E-state index contributed by atoms with van der Waals surface area (Å²) < 4.78 is 22.2. The summed E-state index contributed by atoms with van der Waals surface area (Å²) in [4.78, 5) is 38.9. The zero-order valence-corrected chi connectivity index (χ0v) is 17.3. The molecule has 1 aromatic rings. The number of benzene rings is 1. The Morgan fingerprint density at radius 1 is 1.10 bits per heavy atom. The minimum Gasteiger partial charge on any atom is -0.497 e. The minimum atomic E-state index is -1.72. The molecule has 0 bridgehead atoms. The maximum absolute atomic E-state index is 13.4. The number of carbonyl (C=O) groups excluding carboxylic acids is 3. The lowest BCUT2D eigenvalue weighted by atomic mass is 9.65. The van der Waals surface area contributed by atoms with Crippen molar-refractivity contribution in [3.63, 3.8) is 0 Å². The lowest BCUT2D eigenvalue weighted by Crippen LogP contribution is -2.63. The fourth-order valence-corrected chi connectivity index (χ4v) is 3.81. The normalized spacial score (nSPS) is 26.9. The first kappa shape index (κ1) is 21.0. The van der Waals surface area contributed by atoms with E-state index in [0.29, 0.717) is 17.1 Å². The highest BCUT2D eigenvalue weighted by Gasteiger charge is 2.65. The molecule has 1 heterocycles. The van der Waals surface area contributed by atoms with Crippen molar-refractivity contribution in [1.82, 2.24) is 0 Å². The molecule has 1 fully saturated rings. The predicted octanol–water partition coefficient (Wildman–Crippen LogP) is 2.71. The molecule has 0 spiro atoms. The van der Waals surface area contributed by atoms with Gasteiger partial charge in [0, 0.05) is 31.6 Å². The van der Waals surface area contributed by atoms with Crippen molar-refractivity contribution in [3.8, 4) is 5.75 Å². The second-order valence-corrected chi connectivity index (χ2v) is 8.25. The van der Waals surface area contributed by atoms with Gasteiger partial charge in [0.05, 0.1) is 13.2 Å². The Hall–Kier alpha value is -2.67. The number of methoxy groups -OCH3 is 2.